The molecule has 86 valence electrons. The first-order chi connectivity index (χ1) is 7.61. The average Bonchev–Trinajstić information content (AvgIpc) is 2.17. The fraction of sp³-hybridized carbons (Fsp3) is 0.273. The Hall–Kier alpha value is -1.55. The van der Waals surface area contributed by atoms with Crippen LogP contribution in [-0.4, -0.2) is 17.7 Å². The number of anilines is 2. The number of carbonyl (C=O) groups excluding carboxylic acids is 2. The molecule has 0 aliphatic heterocycles. The molecular weight excluding hydrogens is 228 g/mol. The first-order valence-corrected chi connectivity index (χ1v) is 5.38. The lowest BCUT2D eigenvalue weighted by Gasteiger charge is -2.06. The summed E-state index contributed by atoms with van der Waals surface area (Å²) in [5.74, 6) is -0.00349. The molecule has 4 nitrogen and oxygen atoms in total. The predicted molar refractivity (Wildman–Crippen MR) is 64.7 cm³/mol. The van der Waals surface area contributed by atoms with E-state index in [2.05, 4.69) is 10.6 Å². The molecule has 5 heteroatoms. The molecule has 0 bridgehead atoms. The number of hydrogen-bond donors (Lipinski definition) is 2. The van der Waals surface area contributed by atoms with E-state index in [1.807, 2.05) is 0 Å². The number of hydrogen-bond acceptors (Lipinski definition) is 2. The largest absolute Gasteiger partial charge is 0.326 e. The van der Waals surface area contributed by atoms with E-state index in [9.17, 15) is 9.59 Å². The third-order valence-electron chi connectivity index (χ3n) is 1.79. The molecule has 0 aliphatic carbocycles. The van der Waals surface area contributed by atoms with Crippen molar-refractivity contribution < 1.29 is 9.59 Å². The molecule has 0 saturated heterocycles. The van der Waals surface area contributed by atoms with E-state index in [4.69, 9.17) is 11.6 Å². The second kappa shape index (κ2) is 6.12. The maximum atomic E-state index is 11.3. The van der Waals surface area contributed by atoms with Crippen LogP contribution in [0.2, 0.25) is 0 Å². The molecule has 0 unspecified atom stereocenters. The lowest BCUT2D eigenvalue weighted by atomic mass is 10.2. The van der Waals surface area contributed by atoms with Gasteiger partial charge in [-0.1, -0.05) is 6.07 Å². The lowest BCUT2D eigenvalue weighted by Crippen LogP contribution is -2.12. The van der Waals surface area contributed by atoms with Crippen molar-refractivity contribution in [2.75, 3.05) is 16.5 Å². The Morgan fingerprint density at radius 2 is 1.88 bits per heavy atom. The highest BCUT2D eigenvalue weighted by Gasteiger charge is 2.02. The Balaban J connectivity index is 2.67. The van der Waals surface area contributed by atoms with Crippen molar-refractivity contribution >= 4 is 34.8 Å². The number of rotatable bonds is 4. The quantitative estimate of drug-likeness (QED) is 0.793. The van der Waals surface area contributed by atoms with E-state index in [-0.39, 0.29) is 24.1 Å². The van der Waals surface area contributed by atoms with Crippen LogP contribution >= 0.6 is 11.6 Å². The Labute approximate surface area is 99.0 Å². The predicted octanol–water partition coefficient (Wildman–Crippen LogP) is 2.21. The highest BCUT2D eigenvalue weighted by molar-refractivity contribution is 6.19. The topological polar surface area (TPSA) is 58.2 Å². The molecule has 0 spiro atoms. The van der Waals surface area contributed by atoms with Crippen LogP contribution in [0.1, 0.15) is 13.3 Å². The SMILES string of the molecule is CC(=O)Nc1cccc(NC(=O)CCCl)c1. The van der Waals surface area contributed by atoms with Crippen molar-refractivity contribution in [1.82, 2.24) is 0 Å². The first-order valence-electron chi connectivity index (χ1n) is 4.85. The molecule has 2 N–H and O–H groups in total. The van der Waals surface area contributed by atoms with Gasteiger partial charge in [-0.3, -0.25) is 9.59 Å². The fourth-order valence-corrected chi connectivity index (χ4v) is 1.36. The van der Waals surface area contributed by atoms with Crippen molar-refractivity contribution in [3.63, 3.8) is 0 Å². The van der Waals surface area contributed by atoms with Crippen LogP contribution in [0.4, 0.5) is 11.4 Å². The lowest BCUT2D eigenvalue weighted by molar-refractivity contribution is -0.116. The van der Waals surface area contributed by atoms with Gasteiger partial charge < -0.3 is 10.6 Å². The Bertz CT molecular complexity index is 393. The minimum Gasteiger partial charge on any atom is -0.326 e. The van der Waals surface area contributed by atoms with E-state index in [0.717, 1.165) is 0 Å². The smallest absolute Gasteiger partial charge is 0.225 e. The van der Waals surface area contributed by atoms with Gasteiger partial charge in [-0.05, 0) is 18.2 Å². The summed E-state index contributed by atoms with van der Waals surface area (Å²) in [5, 5.41) is 5.32. The number of amides is 2. The van der Waals surface area contributed by atoms with E-state index < -0.39 is 0 Å². The zero-order valence-electron chi connectivity index (χ0n) is 8.92. The van der Waals surface area contributed by atoms with Gasteiger partial charge in [-0.25, -0.2) is 0 Å². The minimum absolute atomic E-state index is 0.144. The van der Waals surface area contributed by atoms with Crippen LogP contribution in [0.25, 0.3) is 0 Å². The van der Waals surface area contributed by atoms with Gasteiger partial charge in [-0.2, -0.15) is 0 Å². The summed E-state index contributed by atoms with van der Waals surface area (Å²) in [7, 11) is 0. The van der Waals surface area contributed by atoms with Gasteiger partial charge in [-0.15, -0.1) is 11.6 Å². The van der Waals surface area contributed by atoms with Gasteiger partial charge >= 0.3 is 0 Å². The molecule has 0 fully saturated rings. The summed E-state index contributed by atoms with van der Waals surface area (Å²) in [6.07, 6.45) is 0.270. The fourth-order valence-electron chi connectivity index (χ4n) is 1.19. The summed E-state index contributed by atoms with van der Waals surface area (Å²) in [6.45, 7) is 1.43. The monoisotopic (exact) mass is 240 g/mol. The number of alkyl halides is 1. The zero-order valence-corrected chi connectivity index (χ0v) is 9.67. The Morgan fingerprint density at radius 1 is 1.25 bits per heavy atom. The summed E-state index contributed by atoms with van der Waals surface area (Å²) in [5.41, 5.74) is 1.29. The van der Waals surface area contributed by atoms with E-state index >= 15 is 0 Å². The first kappa shape index (κ1) is 12.5. The maximum absolute atomic E-state index is 11.3. The van der Waals surface area contributed by atoms with Gasteiger partial charge in [0.2, 0.25) is 11.8 Å². The molecule has 0 aromatic heterocycles. The van der Waals surface area contributed by atoms with Crippen LogP contribution in [0.3, 0.4) is 0 Å². The summed E-state index contributed by atoms with van der Waals surface area (Å²) in [4.78, 5) is 22.1. The Morgan fingerprint density at radius 3 is 2.44 bits per heavy atom. The van der Waals surface area contributed by atoms with Crippen LogP contribution < -0.4 is 10.6 Å². The summed E-state index contributed by atoms with van der Waals surface area (Å²) < 4.78 is 0. The molecule has 0 radical (unpaired) electrons. The summed E-state index contributed by atoms with van der Waals surface area (Å²) >= 11 is 5.44. The molecule has 0 atom stereocenters. The molecule has 0 saturated carbocycles. The molecule has 1 aromatic rings. The van der Waals surface area contributed by atoms with Crippen LogP contribution in [-0.2, 0) is 9.59 Å². The van der Waals surface area contributed by atoms with Crippen molar-refractivity contribution in [1.29, 1.82) is 0 Å². The number of nitrogens with one attached hydrogen (secondary N) is 2. The van der Waals surface area contributed by atoms with Gasteiger partial charge in [0.05, 0.1) is 0 Å². The molecule has 2 amide bonds. The number of halogens is 1. The minimum atomic E-state index is -0.149. The second-order valence-electron chi connectivity index (χ2n) is 3.25. The van der Waals surface area contributed by atoms with Crippen LogP contribution in [0.5, 0.6) is 0 Å². The molecule has 16 heavy (non-hydrogen) atoms. The van der Waals surface area contributed by atoms with E-state index in [0.29, 0.717) is 11.4 Å². The second-order valence-corrected chi connectivity index (χ2v) is 3.63. The van der Waals surface area contributed by atoms with E-state index in [1.165, 1.54) is 6.92 Å². The van der Waals surface area contributed by atoms with Crippen LogP contribution in [0.15, 0.2) is 24.3 Å². The van der Waals surface area contributed by atoms with Crippen molar-refractivity contribution in [3.8, 4) is 0 Å². The summed E-state index contributed by atoms with van der Waals surface area (Å²) in [6, 6.07) is 6.94. The molecule has 1 aromatic carbocycles. The maximum Gasteiger partial charge on any atom is 0.225 e. The highest BCUT2D eigenvalue weighted by atomic mass is 35.5. The number of carbonyl (C=O) groups is 2. The molecular formula is C11H13ClN2O2. The Kier molecular flexibility index (Phi) is 4.79. The average molecular weight is 241 g/mol. The van der Waals surface area contributed by atoms with Crippen molar-refractivity contribution in [2.24, 2.45) is 0 Å². The van der Waals surface area contributed by atoms with E-state index in [1.54, 1.807) is 24.3 Å². The van der Waals surface area contributed by atoms with Crippen molar-refractivity contribution in [2.45, 2.75) is 13.3 Å². The normalized spacial score (nSPS) is 9.62. The third kappa shape index (κ3) is 4.31. The highest BCUT2D eigenvalue weighted by Crippen LogP contribution is 2.15. The van der Waals surface area contributed by atoms with Gasteiger partial charge in [0.15, 0.2) is 0 Å². The van der Waals surface area contributed by atoms with Crippen LogP contribution in [0, 0.1) is 0 Å². The van der Waals surface area contributed by atoms with Gasteiger partial charge in [0, 0.05) is 30.6 Å². The van der Waals surface area contributed by atoms with Crippen molar-refractivity contribution in [3.05, 3.63) is 24.3 Å². The molecule has 1 rings (SSSR count). The molecule has 0 heterocycles. The molecule has 0 aliphatic rings. The number of benzene rings is 1. The van der Waals surface area contributed by atoms with Gasteiger partial charge in [0.25, 0.3) is 0 Å². The zero-order chi connectivity index (χ0) is 12.0. The standard InChI is InChI=1S/C11H13ClN2O2/c1-8(15)13-9-3-2-4-10(7-9)14-11(16)5-6-12/h2-4,7H,5-6H2,1H3,(H,13,15)(H,14,16). The third-order valence-corrected chi connectivity index (χ3v) is 1.98. The van der Waals surface area contributed by atoms with Gasteiger partial charge in [0.1, 0.15) is 0 Å².